The van der Waals surface area contributed by atoms with Crippen LogP contribution >= 0.6 is 0 Å². The fraction of sp³-hybridized carbons (Fsp3) is 0.459. The number of rotatable bonds is 17. The van der Waals surface area contributed by atoms with E-state index in [1.807, 2.05) is 92.8 Å². The molecule has 0 bridgehead atoms. The van der Waals surface area contributed by atoms with E-state index in [1.54, 1.807) is 0 Å². The van der Waals surface area contributed by atoms with Gasteiger partial charge in [0.25, 0.3) is 0 Å². The zero-order valence-electron chi connectivity index (χ0n) is 26.9. The number of carbonyl (C=O) groups excluding carboxylic acids is 1. The summed E-state index contributed by atoms with van der Waals surface area (Å²) in [4.78, 5) is 25.0. The van der Waals surface area contributed by atoms with Gasteiger partial charge in [0.15, 0.2) is 6.29 Å². The standard InChI is InChI=1S/C37H48N2O7/c1-26(36(44)30-10-6-5-7-11-30)39(2)24-32-22-33(29-18-16-28(25-40)17-19-29)46-37(45-32)31-20-14-27(15-21-31)23-38-34(41)12-8-3-4-9-13-35(42)43/h5-7,10-11,14-21,26,32-33,36-37,40,44H,3-4,8-9,12-13,22-25H2,1-2H3,(H,38,41)(H,42,43)/t26-,32+,33-,36-,37-/m1/s1. The first-order valence-electron chi connectivity index (χ1n) is 16.2. The molecule has 1 heterocycles. The second kappa shape index (κ2) is 17.9. The molecule has 9 nitrogen and oxygen atoms in total. The van der Waals surface area contributed by atoms with E-state index in [-0.39, 0.29) is 37.2 Å². The van der Waals surface area contributed by atoms with Gasteiger partial charge >= 0.3 is 5.97 Å². The van der Waals surface area contributed by atoms with E-state index in [0.29, 0.717) is 32.4 Å². The third-order valence-electron chi connectivity index (χ3n) is 8.69. The van der Waals surface area contributed by atoms with Gasteiger partial charge in [-0.15, -0.1) is 0 Å². The quantitative estimate of drug-likeness (QED) is 0.137. The molecule has 5 atom stereocenters. The Balaban J connectivity index is 1.36. The fourth-order valence-corrected chi connectivity index (χ4v) is 5.69. The lowest BCUT2D eigenvalue weighted by atomic mass is 9.98. The number of carboxylic acids is 1. The van der Waals surface area contributed by atoms with Gasteiger partial charge in [-0.3, -0.25) is 14.5 Å². The van der Waals surface area contributed by atoms with Crippen molar-refractivity contribution in [2.24, 2.45) is 0 Å². The van der Waals surface area contributed by atoms with Crippen molar-refractivity contribution in [1.82, 2.24) is 10.2 Å². The van der Waals surface area contributed by atoms with Crippen LogP contribution in [0.2, 0.25) is 0 Å². The second-order valence-corrected chi connectivity index (χ2v) is 12.2. The second-order valence-electron chi connectivity index (χ2n) is 12.2. The van der Waals surface area contributed by atoms with Crippen molar-refractivity contribution in [2.45, 2.75) is 95.7 Å². The molecule has 1 fully saturated rings. The van der Waals surface area contributed by atoms with Crippen molar-refractivity contribution in [3.8, 4) is 0 Å². The van der Waals surface area contributed by atoms with Crippen molar-refractivity contribution in [3.63, 3.8) is 0 Å². The van der Waals surface area contributed by atoms with Gasteiger partial charge in [-0.1, -0.05) is 91.7 Å². The molecule has 9 heteroatoms. The Kier molecular flexibility index (Phi) is 13.7. The van der Waals surface area contributed by atoms with Gasteiger partial charge in [0, 0.05) is 44.0 Å². The number of carboxylic acid groups (broad SMARTS) is 1. The number of benzene rings is 3. The molecule has 1 amide bonds. The third kappa shape index (κ3) is 10.7. The highest BCUT2D eigenvalue weighted by atomic mass is 16.7. The summed E-state index contributed by atoms with van der Waals surface area (Å²) in [5.74, 6) is -0.800. The van der Waals surface area contributed by atoms with Crippen LogP contribution in [0.15, 0.2) is 78.9 Å². The SMILES string of the molecule is C[C@H]([C@@H](O)c1ccccc1)N(C)C[C@@H]1C[C@H](c2ccc(CO)cc2)O[C@H](c2ccc(CNC(=O)CCCCCCC(=O)O)cc2)O1. The number of likely N-dealkylation sites (N-methyl/N-ethyl adjacent to an activating group) is 1. The number of carbonyl (C=O) groups is 2. The van der Waals surface area contributed by atoms with Gasteiger partial charge in [0.05, 0.1) is 24.9 Å². The number of hydrogen-bond donors (Lipinski definition) is 4. The smallest absolute Gasteiger partial charge is 0.303 e. The topological polar surface area (TPSA) is 129 Å². The first-order chi connectivity index (χ1) is 22.2. The number of aliphatic hydroxyl groups excluding tert-OH is 2. The van der Waals surface area contributed by atoms with E-state index >= 15 is 0 Å². The Morgan fingerprint density at radius 1 is 0.870 bits per heavy atom. The molecule has 3 aromatic carbocycles. The number of amides is 1. The van der Waals surface area contributed by atoms with E-state index in [4.69, 9.17) is 14.6 Å². The molecule has 248 valence electrons. The van der Waals surface area contributed by atoms with Gasteiger partial charge in [0.1, 0.15) is 0 Å². The normalized spacial score (nSPS) is 19.5. The Morgan fingerprint density at radius 2 is 1.50 bits per heavy atom. The molecule has 4 rings (SSSR count). The molecular weight excluding hydrogens is 584 g/mol. The van der Waals surface area contributed by atoms with Crippen LogP contribution in [0.1, 0.15) is 98.2 Å². The third-order valence-corrected chi connectivity index (χ3v) is 8.69. The molecule has 3 aromatic rings. The Hall–Kier alpha value is -3.60. The monoisotopic (exact) mass is 632 g/mol. The average molecular weight is 633 g/mol. The highest BCUT2D eigenvalue weighted by Gasteiger charge is 2.34. The van der Waals surface area contributed by atoms with Crippen LogP contribution in [0.25, 0.3) is 0 Å². The lowest BCUT2D eigenvalue weighted by Gasteiger charge is -2.39. The van der Waals surface area contributed by atoms with Crippen LogP contribution in [0.3, 0.4) is 0 Å². The largest absolute Gasteiger partial charge is 0.481 e. The van der Waals surface area contributed by atoms with Gasteiger partial charge in [-0.25, -0.2) is 0 Å². The summed E-state index contributed by atoms with van der Waals surface area (Å²) in [7, 11) is 2.00. The summed E-state index contributed by atoms with van der Waals surface area (Å²) < 4.78 is 13.0. The number of nitrogens with one attached hydrogen (secondary N) is 1. The maximum atomic E-state index is 12.3. The molecule has 0 aromatic heterocycles. The number of aliphatic carboxylic acids is 1. The molecule has 0 aliphatic carbocycles. The number of ether oxygens (including phenoxy) is 2. The van der Waals surface area contributed by atoms with Crippen LogP contribution < -0.4 is 5.32 Å². The lowest BCUT2D eigenvalue weighted by Crippen LogP contribution is -2.43. The van der Waals surface area contributed by atoms with E-state index in [0.717, 1.165) is 47.1 Å². The number of nitrogens with zero attached hydrogens (tertiary/aromatic N) is 1. The van der Waals surface area contributed by atoms with Crippen molar-refractivity contribution in [2.75, 3.05) is 13.6 Å². The minimum atomic E-state index is -0.781. The molecule has 1 aliphatic rings. The summed E-state index contributed by atoms with van der Waals surface area (Å²) in [6.07, 6.45) is 2.64. The van der Waals surface area contributed by atoms with Crippen LogP contribution in [0, 0.1) is 0 Å². The first-order valence-corrected chi connectivity index (χ1v) is 16.2. The predicted molar refractivity (Wildman–Crippen MR) is 176 cm³/mol. The molecule has 0 saturated carbocycles. The average Bonchev–Trinajstić information content (AvgIpc) is 3.08. The van der Waals surface area contributed by atoms with Crippen molar-refractivity contribution >= 4 is 11.9 Å². The Bertz CT molecular complexity index is 1350. The zero-order valence-corrected chi connectivity index (χ0v) is 26.9. The maximum absolute atomic E-state index is 12.3. The summed E-state index contributed by atoms with van der Waals surface area (Å²) in [5.41, 5.74) is 4.56. The number of aliphatic hydroxyl groups is 2. The molecule has 0 spiro atoms. The van der Waals surface area contributed by atoms with E-state index in [9.17, 15) is 19.8 Å². The Morgan fingerprint density at radius 3 is 2.15 bits per heavy atom. The maximum Gasteiger partial charge on any atom is 0.303 e. The molecule has 0 unspecified atom stereocenters. The van der Waals surface area contributed by atoms with E-state index < -0.39 is 18.4 Å². The number of hydrogen-bond acceptors (Lipinski definition) is 7. The van der Waals surface area contributed by atoms with Gasteiger partial charge in [-0.05, 0) is 49.1 Å². The summed E-state index contributed by atoms with van der Waals surface area (Å²) in [6.45, 7) is 3.01. The van der Waals surface area contributed by atoms with Crippen LogP contribution in [0.4, 0.5) is 0 Å². The van der Waals surface area contributed by atoms with Crippen molar-refractivity contribution in [1.29, 1.82) is 0 Å². The van der Waals surface area contributed by atoms with E-state index in [1.165, 1.54) is 0 Å². The highest BCUT2D eigenvalue weighted by Crippen LogP contribution is 2.38. The lowest BCUT2D eigenvalue weighted by molar-refractivity contribution is -0.253. The molecular formula is C37H48N2O7. The summed E-state index contributed by atoms with van der Waals surface area (Å²) in [6, 6.07) is 25.2. The van der Waals surface area contributed by atoms with Crippen LogP contribution in [-0.2, 0) is 32.2 Å². The van der Waals surface area contributed by atoms with Gasteiger partial charge < -0.3 is 30.1 Å². The molecule has 4 N–H and O–H groups in total. The van der Waals surface area contributed by atoms with Gasteiger partial charge in [0.2, 0.25) is 5.91 Å². The fourth-order valence-electron chi connectivity index (χ4n) is 5.69. The molecule has 46 heavy (non-hydrogen) atoms. The van der Waals surface area contributed by atoms with Crippen LogP contribution in [0.5, 0.6) is 0 Å². The highest BCUT2D eigenvalue weighted by molar-refractivity contribution is 5.75. The predicted octanol–water partition coefficient (Wildman–Crippen LogP) is 5.82. The van der Waals surface area contributed by atoms with Crippen molar-refractivity contribution in [3.05, 3.63) is 107 Å². The first kappa shape index (κ1) is 35.3. The van der Waals surface area contributed by atoms with E-state index in [2.05, 4.69) is 10.2 Å². The minimum absolute atomic E-state index is 0.0186. The van der Waals surface area contributed by atoms with Gasteiger partial charge in [-0.2, -0.15) is 0 Å². The summed E-state index contributed by atoms with van der Waals surface area (Å²) >= 11 is 0. The van der Waals surface area contributed by atoms with Crippen molar-refractivity contribution < 1.29 is 34.4 Å². The van der Waals surface area contributed by atoms with Crippen LogP contribution in [-0.4, -0.2) is 57.8 Å². The molecule has 1 saturated heterocycles. The summed E-state index contributed by atoms with van der Waals surface area (Å²) in [5, 5.41) is 32.2. The zero-order chi connectivity index (χ0) is 32.9. The molecule has 0 radical (unpaired) electrons. The Labute approximate surface area is 272 Å². The number of unbranched alkanes of at least 4 members (excludes halogenated alkanes) is 3. The molecule has 1 aliphatic heterocycles. The minimum Gasteiger partial charge on any atom is -0.481 e.